The molecule has 0 unspecified atom stereocenters. The standard InChI is InChI=1S/C12H18N2O2SSi/c1-18(2,3)9-8-17(15,16)14-12-7-5-4-6-11(12)10-13-14/h4-7,10H,8-9H2,1-3H3. The molecule has 98 valence electrons. The highest BCUT2D eigenvalue weighted by molar-refractivity contribution is 7.90. The van der Waals surface area contributed by atoms with E-state index in [4.69, 9.17) is 0 Å². The summed E-state index contributed by atoms with van der Waals surface area (Å²) < 4.78 is 25.7. The Bertz CT molecular complexity index is 656. The van der Waals surface area contributed by atoms with Crippen LogP contribution in [-0.4, -0.2) is 31.4 Å². The Kier molecular flexibility index (Phi) is 3.33. The third-order valence-electron chi connectivity index (χ3n) is 2.82. The lowest BCUT2D eigenvalue weighted by Crippen LogP contribution is -2.27. The number of hydrogen-bond acceptors (Lipinski definition) is 3. The Morgan fingerprint density at radius 1 is 1.22 bits per heavy atom. The molecular weight excluding hydrogens is 264 g/mol. The van der Waals surface area contributed by atoms with Crippen LogP contribution in [0.5, 0.6) is 0 Å². The summed E-state index contributed by atoms with van der Waals surface area (Å²) in [5.74, 6) is 0.175. The summed E-state index contributed by atoms with van der Waals surface area (Å²) in [7, 11) is -4.70. The van der Waals surface area contributed by atoms with Crippen LogP contribution in [0.1, 0.15) is 0 Å². The summed E-state index contributed by atoms with van der Waals surface area (Å²) in [4.78, 5) is 0. The first kappa shape index (κ1) is 13.3. The van der Waals surface area contributed by atoms with E-state index in [1.54, 1.807) is 12.3 Å². The van der Waals surface area contributed by atoms with Crippen LogP contribution in [0.2, 0.25) is 25.7 Å². The fourth-order valence-electron chi connectivity index (χ4n) is 1.69. The maximum Gasteiger partial charge on any atom is 0.254 e. The summed E-state index contributed by atoms with van der Waals surface area (Å²) in [5, 5.41) is 4.87. The Balaban J connectivity index is 2.36. The maximum absolute atomic E-state index is 12.3. The number of hydrogen-bond donors (Lipinski definition) is 0. The van der Waals surface area contributed by atoms with Crippen molar-refractivity contribution in [3.8, 4) is 0 Å². The first-order valence-electron chi connectivity index (χ1n) is 5.96. The highest BCUT2D eigenvalue weighted by Crippen LogP contribution is 2.17. The van der Waals surface area contributed by atoms with Gasteiger partial charge in [-0.3, -0.25) is 0 Å². The topological polar surface area (TPSA) is 52.0 Å². The van der Waals surface area contributed by atoms with Gasteiger partial charge in [0.25, 0.3) is 10.0 Å². The molecular formula is C12H18N2O2SSi. The fraction of sp³-hybridized carbons (Fsp3) is 0.417. The van der Waals surface area contributed by atoms with Crippen molar-refractivity contribution in [2.24, 2.45) is 0 Å². The summed E-state index contributed by atoms with van der Waals surface area (Å²) in [6.07, 6.45) is 1.60. The molecule has 0 radical (unpaired) electrons. The van der Waals surface area contributed by atoms with E-state index >= 15 is 0 Å². The van der Waals surface area contributed by atoms with E-state index in [-0.39, 0.29) is 5.75 Å². The quantitative estimate of drug-likeness (QED) is 0.810. The number of para-hydroxylation sites is 1. The molecule has 0 atom stereocenters. The monoisotopic (exact) mass is 282 g/mol. The lowest BCUT2D eigenvalue weighted by Gasteiger charge is -2.15. The number of fused-ring (bicyclic) bond motifs is 1. The van der Waals surface area contributed by atoms with Crippen molar-refractivity contribution in [1.29, 1.82) is 0 Å². The van der Waals surface area contributed by atoms with Crippen LogP contribution in [0.25, 0.3) is 10.9 Å². The predicted molar refractivity (Wildman–Crippen MR) is 77.1 cm³/mol. The molecule has 18 heavy (non-hydrogen) atoms. The van der Waals surface area contributed by atoms with E-state index in [0.717, 1.165) is 11.4 Å². The minimum atomic E-state index is -3.34. The van der Waals surface area contributed by atoms with Gasteiger partial charge in [-0.15, -0.1) is 0 Å². The molecule has 0 amide bonds. The van der Waals surface area contributed by atoms with Gasteiger partial charge in [-0.05, 0) is 12.1 Å². The van der Waals surface area contributed by atoms with Crippen LogP contribution in [-0.2, 0) is 10.0 Å². The van der Waals surface area contributed by atoms with Gasteiger partial charge in [-0.2, -0.15) is 9.19 Å². The Hall–Kier alpha value is -1.14. The van der Waals surface area contributed by atoms with Gasteiger partial charge in [0.05, 0.1) is 17.5 Å². The van der Waals surface area contributed by atoms with E-state index in [2.05, 4.69) is 24.7 Å². The first-order chi connectivity index (χ1) is 8.30. The molecule has 0 N–H and O–H groups in total. The van der Waals surface area contributed by atoms with Crippen molar-refractivity contribution < 1.29 is 8.42 Å². The fourth-order valence-corrected chi connectivity index (χ4v) is 6.00. The van der Waals surface area contributed by atoms with Gasteiger partial charge in [0.1, 0.15) is 0 Å². The van der Waals surface area contributed by atoms with Crippen molar-refractivity contribution in [3.05, 3.63) is 30.5 Å². The van der Waals surface area contributed by atoms with Gasteiger partial charge in [0, 0.05) is 13.5 Å². The summed E-state index contributed by atoms with van der Waals surface area (Å²) in [5.41, 5.74) is 0.660. The van der Waals surface area contributed by atoms with Crippen molar-refractivity contribution in [2.75, 3.05) is 5.75 Å². The van der Waals surface area contributed by atoms with E-state index in [9.17, 15) is 8.42 Å². The zero-order valence-corrected chi connectivity index (χ0v) is 12.7. The molecule has 0 aliphatic carbocycles. The third kappa shape index (κ3) is 2.81. The second kappa shape index (κ2) is 4.51. The SMILES string of the molecule is C[Si](C)(C)CCS(=O)(=O)n1ncc2ccccc21. The van der Waals surface area contributed by atoms with E-state index in [1.165, 1.54) is 4.09 Å². The van der Waals surface area contributed by atoms with Gasteiger partial charge < -0.3 is 0 Å². The number of nitrogens with zero attached hydrogens (tertiary/aromatic N) is 2. The molecule has 0 aliphatic rings. The van der Waals surface area contributed by atoms with Gasteiger partial charge >= 0.3 is 0 Å². The van der Waals surface area contributed by atoms with Crippen LogP contribution in [0.3, 0.4) is 0 Å². The molecule has 1 aromatic heterocycles. The van der Waals surface area contributed by atoms with Crippen LogP contribution in [0.4, 0.5) is 0 Å². The summed E-state index contributed by atoms with van der Waals surface area (Å²) >= 11 is 0. The van der Waals surface area contributed by atoms with Gasteiger partial charge in [0.2, 0.25) is 0 Å². The minimum absolute atomic E-state index is 0.175. The van der Waals surface area contributed by atoms with Gasteiger partial charge in [-0.25, -0.2) is 8.42 Å². The van der Waals surface area contributed by atoms with E-state index < -0.39 is 18.1 Å². The third-order valence-corrected chi connectivity index (χ3v) is 6.47. The van der Waals surface area contributed by atoms with Crippen LogP contribution in [0.15, 0.2) is 30.5 Å². The lowest BCUT2D eigenvalue weighted by molar-refractivity contribution is 0.583. The largest absolute Gasteiger partial charge is 0.254 e. The molecule has 0 spiro atoms. The highest BCUT2D eigenvalue weighted by atomic mass is 32.2. The van der Waals surface area contributed by atoms with Crippen molar-refractivity contribution in [1.82, 2.24) is 9.19 Å². The number of aromatic nitrogens is 2. The molecule has 2 aromatic rings. The molecule has 0 fully saturated rings. The van der Waals surface area contributed by atoms with Crippen LogP contribution < -0.4 is 0 Å². The second-order valence-electron chi connectivity index (χ2n) is 5.67. The van der Waals surface area contributed by atoms with E-state index in [0.29, 0.717) is 5.52 Å². The molecule has 0 aliphatic heterocycles. The Labute approximate surface area is 109 Å². The second-order valence-corrected chi connectivity index (χ2v) is 13.2. The van der Waals surface area contributed by atoms with Crippen molar-refractivity contribution >= 4 is 29.0 Å². The maximum atomic E-state index is 12.3. The molecule has 2 rings (SSSR count). The minimum Gasteiger partial charge on any atom is -0.205 e. The Morgan fingerprint density at radius 3 is 2.56 bits per heavy atom. The Morgan fingerprint density at radius 2 is 1.89 bits per heavy atom. The van der Waals surface area contributed by atoms with E-state index in [1.807, 2.05) is 18.2 Å². The molecule has 1 aromatic carbocycles. The zero-order valence-electron chi connectivity index (χ0n) is 10.9. The molecule has 1 heterocycles. The van der Waals surface area contributed by atoms with Crippen molar-refractivity contribution in [3.63, 3.8) is 0 Å². The van der Waals surface area contributed by atoms with Gasteiger partial charge in [0.15, 0.2) is 0 Å². The summed E-state index contributed by atoms with van der Waals surface area (Å²) in [6.45, 7) is 6.51. The molecule has 6 heteroatoms. The average molecular weight is 282 g/mol. The average Bonchev–Trinajstić information content (AvgIpc) is 2.70. The number of benzene rings is 1. The van der Waals surface area contributed by atoms with Crippen LogP contribution >= 0.6 is 0 Å². The lowest BCUT2D eigenvalue weighted by atomic mass is 10.3. The zero-order chi connectivity index (χ0) is 13.4. The number of rotatable bonds is 4. The molecule has 0 saturated heterocycles. The summed E-state index contributed by atoms with van der Waals surface area (Å²) in [6, 6.07) is 8.11. The molecule has 4 nitrogen and oxygen atoms in total. The van der Waals surface area contributed by atoms with Gasteiger partial charge in [-0.1, -0.05) is 37.8 Å². The normalized spacial score (nSPS) is 13.1. The highest BCUT2D eigenvalue weighted by Gasteiger charge is 2.22. The molecule has 0 saturated carbocycles. The molecule has 0 bridgehead atoms. The smallest absolute Gasteiger partial charge is 0.205 e. The van der Waals surface area contributed by atoms with Crippen LogP contribution in [0, 0.1) is 0 Å². The van der Waals surface area contributed by atoms with Crippen molar-refractivity contribution in [2.45, 2.75) is 25.7 Å². The predicted octanol–water partition coefficient (Wildman–Crippen LogP) is 2.55. The first-order valence-corrected chi connectivity index (χ1v) is 11.3.